The molecule has 0 aliphatic carbocycles. The van der Waals surface area contributed by atoms with Crippen LogP contribution in [0.1, 0.15) is 50.6 Å². The number of carbonyl (C=O) groups excluding carboxylic acids is 1. The molecule has 1 aromatic rings. The fourth-order valence-electron chi connectivity index (χ4n) is 3.41. The minimum Gasteiger partial charge on any atom is -0.444 e. The van der Waals surface area contributed by atoms with Gasteiger partial charge in [0.05, 0.1) is 25.4 Å². The number of alkyl halides is 3. The molecule has 0 bridgehead atoms. The van der Waals surface area contributed by atoms with Crippen LogP contribution >= 0.6 is 0 Å². The molecule has 0 fully saturated rings. The minimum absolute atomic E-state index is 0.0480. The van der Waals surface area contributed by atoms with Gasteiger partial charge in [0.1, 0.15) is 11.3 Å². The third kappa shape index (κ3) is 3.54. The van der Waals surface area contributed by atoms with Crippen molar-refractivity contribution in [3.8, 4) is 0 Å². The summed E-state index contributed by atoms with van der Waals surface area (Å²) in [6.07, 6.45) is -1.45. The van der Waals surface area contributed by atoms with Crippen LogP contribution in [0.15, 0.2) is 0 Å². The highest BCUT2D eigenvalue weighted by Gasteiger charge is 2.48. The van der Waals surface area contributed by atoms with Crippen LogP contribution in [0.5, 0.6) is 0 Å². The van der Waals surface area contributed by atoms with E-state index >= 15 is 0 Å². The minimum atomic E-state index is -3.28. The number of nitrogens with zero attached hydrogens (tertiary/aromatic N) is 3. The zero-order valence-electron chi connectivity index (χ0n) is 15.2. The first-order chi connectivity index (χ1) is 11.9. The molecule has 1 N–H and O–H groups in total. The topological polar surface area (TPSA) is 67.6 Å². The molecule has 3 heterocycles. The Morgan fingerprint density at radius 1 is 1.31 bits per heavy atom. The monoisotopic (exact) mass is 375 g/mol. The summed E-state index contributed by atoms with van der Waals surface area (Å²) in [6.45, 7) is 4.19. The Kier molecular flexibility index (Phi) is 4.49. The first kappa shape index (κ1) is 19.0. The van der Waals surface area contributed by atoms with Crippen LogP contribution in [-0.4, -0.2) is 50.3 Å². The molecular weight excluding hydrogens is 351 g/mol. The molecule has 2 aliphatic heterocycles. The largest absolute Gasteiger partial charge is 0.444 e. The molecule has 1 atom stereocenters. The maximum absolute atomic E-state index is 14.7. The average Bonchev–Trinajstić information content (AvgIpc) is 2.84. The van der Waals surface area contributed by atoms with E-state index in [2.05, 4.69) is 5.10 Å². The van der Waals surface area contributed by atoms with E-state index < -0.39 is 49.3 Å². The van der Waals surface area contributed by atoms with Gasteiger partial charge in [0, 0.05) is 24.9 Å². The van der Waals surface area contributed by atoms with Gasteiger partial charge >= 0.3 is 6.09 Å². The molecule has 0 spiro atoms. The van der Waals surface area contributed by atoms with Gasteiger partial charge in [0.2, 0.25) is 0 Å². The molecular formula is C17H24F3N3O3. The van der Waals surface area contributed by atoms with Gasteiger partial charge in [0.15, 0.2) is 5.67 Å². The highest BCUT2D eigenvalue weighted by atomic mass is 19.3. The fraction of sp³-hybridized carbons (Fsp3) is 0.765. The molecule has 0 radical (unpaired) electrons. The highest BCUT2D eigenvalue weighted by Crippen LogP contribution is 2.43. The second kappa shape index (κ2) is 6.14. The molecule has 26 heavy (non-hydrogen) atoms. The Hall–Kier alpha value is -1.77. The quantitative estimate of drug-likeness (QED) is 0.820. The van der Waals surface area contributed by atoms with E-state index in [9.17, 15) is 23.1 Å². The molecule has 0 saturated carbocycles. The lowest BCUT2D eigenvalue weighted by Gasteiger charge is -2.30. The maximum Gasteiger partial charge on any atom is 0.410 e. The van der Waals surface area contributed by atoms with Gasteiger partial charge in [0.25, 0.3) is 5.92 Å². The van der Waals surface area contributed by atoms with Gasteiger partial charge in [-0.3, -0.25) is 4.68 Å². The predicted octanol–water partition coefficient (Wildman–Crippen LogP) is 2.76. The lowest BCUT2D eigenvalue weighted by atomic mass is 9.97. The number of carbonyl (C=O) groups is 1. The number of fused-ring (bicyclic) bond motifs is 3. The van der Waals surface area contributed by atoms with Gasteiger partial charge in [-0.15, -0.1) is 0 Å². The molecule has 6 nitrogen and oxygen atoms in total. The number of rotatable bonds is 1. The second-order valence-corrected chi connectivity index (χ2v) is 8.10. The van der Waals surface area contributed by atoms with E-state index in [0.717, 1.165) is 4.68 Å². The third-order valence-corrected chi connectivity index (χ3v) is 4.70. The Labute approximate surface area is 149 Å². The molecule has 146 valence electrons. The first-order valence-electron chi connectivity index (χ1n) is 8.69. The van der Waals surface area contributed by atoms with Crippen molar-refractivity contribution < 1.29 is 27.8 Å². The summed E-state index contributed by atoms with van der Waals surface area (Å²) < 4.78 is 50.3. The van der Waals surface area contributed by atoms with Crippen LogP contribution < -0.4 is 0 Å². The van der Waals surface area contributed by atoms with Crippen molar-refractivity contribution in [2.24, 2.45) is 0 Å². The number of amides is 1. The smallest absolute Gasteiger partial charge is 0.410 e. The van der Waals surface area contributed by atoms with E-state index in [0.29, 0.717) is 18.7 Å². The van der Waals surface area contributed by atoms with Gasteiger partial charge in [-0.05, 0) is 27.2 Å². The summed E-state index contributed by atoms with van der Waals surface area (Å²) in [5.41, 5.74) is -2.47. The molecule has 0 saturated heterocycles. The van der Waals surface area contributed by atoms with E-state index in [1.54, 1.807) is 20.8 Å². The van der Waals surface area contributed by atoms with Crippen LogP contribution in [0, 0.1) is 0 Å². The first-order valence-corrected chi connectivity index (χ1v) is 8.69. The number of ether oxygens (including phenoxy) is 1. The molecule has 3 rings (SSSR count). The van der Waals surface area contributed by atoms with Crippen molar-refractivity contribution in [3.63, 3.8) is 0 Å². The fourth-order valence-corrected chi connectivity index (χ4v) is 3.41. The highest BCUT2D eigenvalue weighted by molar-refractivity contribution is 5.68. The maximum atomic E-state index is 14.7. The van der Waals surface area contributed by atoms with Gasteiger partial charge in [-0.25, -0.2) is 9.18 Å². The normalized spacial score (nSPS) is 25.3. The summed E-state index contributed by atoms with van der Waals surface area (Å²) in [5, 5.41) is 13.4. The van der Waals surface area contributed by atoms with Gasteiger partial charge in [-0.2, -0.15) is 13.9 Å². The van der Waals surface area contributed by atoms with E-state index in [-0.39, 0.29) is 17.8 Å². The molecule has 0 aromatic carbocycles. The zero-order valence-corrected chi connectivity index (χ0v) is 15.2. The number of hydrogen-bond donors (Lipinski definition) is 1. The summed E-state index contributed by atoms with van der Waals surface area (Å²) in [7, 11) is 0. The molecule has 2 aliphatic rings. The number of hydrogen-bond acceptors (Lipinski definition) is 4. The third-order valence-electron chi connectivity index (χ3n) is 4.70. The summed E-state index contributed by atoms with van der Waals surface area (Å²) in [5.74, 6) is -3.28. The standard InChI is InChI=1S/C17H24F3N3O3/c1-15(2,3)26-14(25)22-7-4-12-11(8-22)13-17(19,20)6-5-16(18,10-24)9-23(13)21-12/h24H,4-10H2,1-3H3/t16-/m1/s1. The molecule has 1 amide bonds. The van der Waals surface area contributed by atoms with Crippen molar-refractivity contribution in [2.45, 2.75) is 70.3 Å². The lowest BCUT2D eigenvalue weighted by molar-refractivity contribution is -0.0328. The van der Waals surface area contributed by atoms with Crippen LogP contribution in [0.25, 0.3) is 0 Å². The lowest BCUT2D eigenvalue weighted by Crippen LogP contribution is -2.40. The summed E-state index contributed by atoms with van der Waals surface area (Å²) in [4.78, 5) is 13.7. The Morgan fingerprint density at radius 3 is 2.62 bits per heavy atom. The average molecular weight is 375 g/mol. The van der Waals surface area contributed by atoms with Crippen LogP contribution in [0.4, 0.5) is 18.0 Å². The van der Waals surface area contributed by atoms with Gasteiger partial charge in [-0.1, -0.05) is 0 Å². The Morgan fingerprint density at radius 2 is 2.00 bits per heavy atom. The number of aliphatic hydroxyl groups excluding tert-OH is 1. The van der Waals surface area contributed by atoms with Crippen LogP contribution in [0.2, 0.25) is 0 Å². The van der Waals surface area contributed by atoms with Crippen molar-refractivity contribution in [1.29, 1.82) is 0 Å². The molecule has 0 unspecified atom stereocenters. The van der Waals surface area contributed by atoms with E-state index in [4.69, 9.17) is 4.74 Å². The number of aliphatic hydroxyl groups is 1. The van der Waals surface area contributed by atoms with Crippen molar-refractivity contribution in [2.75, 3.05) is 13.2 Å². The van der Waals surface area contributed by atoms with Crippen molar-refractivity contribution >= 4 is 6.09 Å². The predicted molar refractivity (Wildman–Crippen MR) is 86.6 cm³/mol. The number of aromatic nitrogens is 2. The summed E-state index contributed by atoms with van der Waals surface area (Å²) in [6, 6.07) is 0. The van der Waals surface area contributed by atoms with Crippen LogP contribution in [0.3, 0.4) is 0 Å². The Bertz CT molecular complexity index is 714. The van der Waals surface area contributed by atoms with Gasteiger partial charge < -0.3 is 14.7 Å². The molecule has 9 heteroatoms. The van der Waals surface area contributed by atoms with Crippen molar-refractivity contribution in [1.82, 2.24) is 14.7 Å². The molecule has 1 aromatic heterocycles. The van der Waals surface area contributed by atoms with Crippen LogP contribution in [-0.2, 0) is 30.2 Å². The Balaban J connectivity index is 1.93. The zero-order chi connectivity index (χ0) is 19.3. The van der Waals surface area contributed by atoms with E-state index in [1.165, 1.54) is 4.90 Å². The summed E-state index contributed by atoms with van der Waals surface area (Å²) >= 11 is 0. The second-order valence-electron chi connectivity index (χ2n) is 8.10. The SMILES string of the molecule is CC(C)(C)OC(=O)N1CCc2nn3c(c2C1)C(F)(F)CC[C@](F)(CO)C3. The number of halogens is 3. The van der Waals surface area contributed by atoms with E-state index in [1.807, 2.05) is 0 Å². The van der Waals surface area contributed by atoms with Crippen molar-refractivity contribution in [3.05, 3.63) is 17.0 Å².